The van der Waals surface area contributed by atoms with E-state index < -0.39 is 0 Å². The lowest BCUT2D eigenvalue weighted by molar-refractivity contribution is -0.115. The minimum Gasteiger partial charge on any atom is -0.483 e. The molecule has 0 aliphatic rings. The number of fused-ring (bicyclic) bond motifs is 1. The summed E-state index contributed by atoms with van der Waals surface area (Å²) in [7, 11) is 1.51. The molecule has 4 nitrogen and oxygen atoms in total. The maximum absolute atomic E-state index is 10.9. The largest absolute Gasteiger partial charge is 0.483 e. The molecule has 1 heterocycles. The van der Waals surface area contributed by atoms with Gasteiger partial charge in [-0.15, -0.1) is 11.3 Å². The van der Waals surface area contributed by atoms with Crippen LogP contribution in [0.25, 0.3) is 10.2 Å². The fourth-order valence-electron chi connectivity index (χ4n) is 1.35. The predicted octanol–water partition coefficient (Wildman–Crippen LogP) is 2.98. The predicted molar refractivity (Wildman–Crippen MR) is 75.5 cm³/mol. The van der Waals surface area contributed by atoms with Gasteiger partial charge in [0.15, 0.2) is 4.34 Å². The highest BCUT2D eigenvalue weighted by Gasteiger charge is 2.07. The van der Waals surface area contributed by atoms with Crippen LogP contribution in [0, 0.1) is 0 Å². The zero-order valence-corrected chi connectivity index (χ0v) is 11.7. The lowest BCUT2D eigenvalue weighted by atomic mass is 10.3. The first-order valence-corrected chi connectivity index (χ1v) is 7.09. The number of aromatic nitrogens is 1. The summed E-state index contributed by atoms with van der Waals surface area (Å²) < 4.78 is 7.15. The second kappa shape index (κ2) is 5.97. The summed E-state index contributed by atoms with van der Waals surface area (Å²) in [5.41, 5.74) is 0.993. The second-order valence-electron chi connectivity index (χ2n) is 3.46. The van der Waals surface area contributed by atoms with E-state index in [1.807, 2.05) is 24.3 Å². The van der Waals surface area contributed by atoms with Crippen LogP contribution in [0.2, 0.25) is 0 Å². The standard InChI is InChI=1S/C12H12N2O2S2/c1-8(15)13-11(16-2)7-17-12-14-9-5-3-4-6-10(9)18-12/h3-6H,7H2,1-2H3. The molecule has 1 aromatic carbocycles. The van der Waals surface area contributed by atoms with Gasteiger partial charge in [0.05, 0.1) is 23.1 Å². The molecule has 0 spiro atoms. The highest BCUT2D eigenvalue weighted by molar-refractivity contribution is 8.01. The molecule has 0 saturated carbocycles. The van der Waals surface area contributed by atoms with Crippen molar-refractivity contribution in [1.29, 1.82) is 0 Å². The molecule has 94 valence electrons. The number of amides is 1. The molecule has 0 atom stereocenters. The monoisotopic (exact) mass is 280 g/mol. The van der Waals surface area contributed by atoms with Crippen LogP contribution in [0.1, 0.15) is 6.92 Å². The second-order valence-corrected chi connectivity index (χ2v) is 5.72. The number of methoxy groups -OCH3 is 1. The molecule has 0 fully saturated rings. The number of para-hydroxylation sites is 1. The number of thiazole rings is 1. The Kier molecular flexibility index (Phi) is 4.33. The van der Waals surface area contributed by atoms with Crippen molar-refractivity contribution in [1.82, 2.24) is 4.98 Å². The molecule has 0 N–H and O–H groups in total. The zero-order chi connectivity index (χ0) is 13.0. The molecular weight excluding hydrogens is 268 g/mol. The van der Waals surface area contributed by atoms with Crippen molar-refractivity contribution in [3.05, 3.63) is 24.3 Å². The van der Waals surface area contributed by atoms with Gasteiger partial charge in [0.1, 0.15) is 0 Å². The third-order valence-electron chi connectivity index (χ3n) is 2.11. The number of carbonyl (C=O) groups is 1. The Morgan fingerprint density at radius 3 is 2.94 bits per heavy atom. The first-order chi connectivity index (χ1) is 8.69. The zero-order valence-electron chi connectivity index (χ0n) is 10.0. The number of hydrogen-bond donors (Lipinski definition) is 0. The maximum Gasteiger partial charge on any atom is 0.245 e. The molecule has 1 amide bonds. The smallest absolute Gasteiger partial charge is 0.245 e. The molecule has 0 unspecified atom stereocenters. The summed E-state index contributed by atoms with van der Waals surface area (Å²) in [5, 5.41) is 0. The van der Waals surface area contributed by atoms with E-state index in [9.17, 15) is 4.79 Å². The summed E-state index contributed by atoms with van der Waals surface area (Å²) in [6, 6.07) is 7.98. The van der Waals surface area contributed by atoms with Gasteiger partial charge in [-0.3, -0.25) is 4.79 Å². The van der Waals surface area contributed by atoms with E-state index in [4.69, 9.17) is 4.74 Å². The molecular formula is C12H12N2O2S2. The van der Waals surface area contributed by atoms with Crippen LogP contribution in [0.3, 0.4) is 0 Å². The van der Waals surface area contributed by atoms with Crippen LogP contribution in [0.15, 0.2) is 33.6 Å². The van der Waals surface area contributed by atoms with E-state index >= 15 is 0 Å². The highest BCUT2D eigenvalue weighted by atomic mass is 32.2. The van der Waals surface area contributed by atoms with E-state index in [-0.39, 0.29) is 5.91 Å². The summed E-state index contributed by atoms with van der Waals surface area (Å²) >= 11 is 3.15. The lowest BCUT2D eigenvalue weighted by Gasteiger charge is -2.01. The van der Waals surface area contributed by atoms with Crippen molar-refractivity contribution in [2.75, 3.05) is 12.9 Å². The average Bonchev–Trinajstić information content (AvgIpc) is 2.76. The molecule has 6 heteroatoms. The Morgan fingerprint density at radius 2 is 2.28 bits per heavy atom. The van der Waals surface area contributed by atoms with Gasteiger partial charge < -0.3 is 4.74 Å². The first kappa shape index (κ1) is 13.0. The topological polar surface area (TPSA) is 51.6 Å². The Labute approximate surface area is 113 Å². The molecule has 1 aromatic heterocycles. The number of aliphatic imine (C=N–C) groups is 1. The molecule has 2 rings (SSSR count). The number of rotatable bonds is 3. The van der Waals surface area contributed by atoms with Gasteiger partial charge in [0.2, 0.25) is 11.8 Å². The van der Waals surface area contributed by atoms with Gasteiger partial charge in [-0.2, -0.15) is 4.99 Å². The molecule has 0 aliphatic carbocycles. The summed E-state index contributed by atoms with van der Waals surface area (Å²) in [6.07, 6.45) is 0. The van der Waals surface area contributed by atoms with Gasteiger partial charge in [-0.05, 0) is 12.1 Å². The van der Waals surface area contributed by atoms with Crippen LogP contribution in [-0.4, -0.2) is 29.7 Å². The van der Waals surface area contributed by atoms with Gasteiger partial charge in [-0.25, -0.2) is 4.98 Å². The van der Waals surface area contributed by atoms with E-state index in [1.54, 1.807) is 11.3 Å². The van der Waals surface area contributed by atoms with Crippen LogP contribution in [0.4, 0.5) is 0 Å². The summed E-state index contributed by atoms with van der Waals surface area (Å²) in [4.78, 5) is 19.1. The van der Waals surface area contributed by atoms with E-state index in [2.05, 4.69) is 9.98 Å². The molecule has 2 aromatic rings. The molecule has 0 aliphatic heterocycles. The van der Waals surface area contributed by atoms with Gasteiger partial charge in [0, 0.05) is 6.92 Å². The van der Waals surface area contributed by atoms with Crippen LogP contribution < -0.4 is 0 Å². The quantitative estimate of drug-likeness (QED) is 0.493. The van der Waals surface area contributed by atoms with Crippen molar-refractivity contribution < 1.29 is 9.53 Å². The van der Waals surface area contributed by atoms with Crippen LogP contribution >= 0.6 is 23.1 Å². The highest BCUT2D eigenvalue weighted by Crippen LogP contribution is 2.29. The van der Waals surface area contributed by atoms with Crippen molar-refractivity contribution in [2.45, 2.75) is 11.3 Å². The van der Waals surface area contributed by atoms with Crippen molar-refractivity contribution in [2.24, 2.45) is 4.99 Å². The fraction of sp³-hybridized carbons (Fsp3) is 0.250. The SMILES string of the molecule is COC(CSc1nc2ccccc2s1)=NC(C)=O. The Hall–Kier alpha value is -1.40. The molecule has 18 heavy (non-hydrogen) atoms. The van der Waals surface area contributed by atoms with Crippen molar-refractivity contribution >= 4 is 45.1 Å². The van der Waals surface area contributed by atoms with E-state index in [0.717, 1.165) is 14.6 Å². The molecule has 0 saturated heterocycles. The van der Waals surface area contributed by atoms with Gasteiger partial charge in [-0.1, -0.05) is 23.9 Å². The number of carbonyl (C=O) groups excluding carboxylic acids is 1. The first-order valence-electron chi connectivity index (χ1n) is 5.29. The minimum absolute atomic E-state index is 0.253. The summed E-state index contributed by atoms with van der Waals surface area (Å²) in [5.74, 6) is 0.680. The third kappa shape index (κ3) is 3.30. The van der Waals surface area contributed by atoms with E-state index in [0.29, 0.717) is 11.7 Å². The van der Waals surface area contributed by atoms with Gasteiger partial charge in [0.25, 0.3) is 0 Å². The number of hydrogen-bond acceptors (Lipinski definition) is 5. The normalized spacial score (nSPS) is 11.8. The van der Waals surface area contributed by atoms with Crippen molar-refractivity contribution in [3.63, 3.8) is 0 Å². The van der Waals surface area contributed by atoms with Crippen LogP contribution in [0.5, 0.6) is 0 Å². The Morgan fingerprint density at radius 1 is 1.50 bits per heavy atom. The Balaban J connectivity index is 2.07. The minimum atomic E-state index is -0.253. The van der Waals surface area contributed by atoms with Crippen molar-refractivity contribution in [3.8, 4) is 0 Å². The van der Waals surface area contributed by atoms with Gasteiger partial charge >= 0.3 is 0 Å². The maximum atomic E-state index is 10.9. The molecule has 0 bridgehead atoms. The summed E-state index contributed by atoms with van der Waals surface area (Å²) in [6.45, 7) is 1.40. The number of thioether (sulfide) groups is 1. The Bertz CT molecular complexity index is 560. The number of benzene rings is 1. The number of ether oxygens (including phenoxy) is 1. The van der Waals surface area contributed by atoms with Crippen LogP contribution in [-0.2, 0) is 9.53 Å². The number of nitrogens with zero attached hydrogens (tertiary/aromatic N) is 2. The molecule has 0 radical (unpaired) electrons. The third-order valence-corrected chi connectivity index (χ3v) is 4.28. The fourth-order valence-corrected chi connectivity index (χ4v) is 3.32. The van der Waals surface area contributed by atoms with E-state index in [1.165, 1.54) is 25.8 Å². The lowest BCUT2D eigenvalue weighted by Crippen LogP contribution is -2.07. The average molecular weight is 280 g/mol.